The molecule has 1 heterocycles. The van der Waals surface area contributed by atoms with E-state index >= 15 is 0 Å². The van der Waals surface area contributed by atoms with Gasteiger partial charge in [-0.2, -0.15) is 5.10 Å². The Labute approximate surface area is 116 Å². The van der Waals surface area contributed by atoms with Gasteiger partial charge in [0.05, 0.1) is 4.92 Å². The number of anilines is 1. The molecule has 2 N–H and O–H groups in total. The first-order valence-corrected chi connectivity index (χ1v) is 6.36. The number of aryl methyl sites for hydroxylation is 1. The third-order valence-electron chi connectivity index (χ3n) is 3.35. The van der Waals surface area contributed by atoms with E-state index in [1.165, 1.54) is 11.6 Å². The van der Waals surface area contributed by atoms with Gasteiger partial charge in [0, 0.05) is 13.0 Å². The SMILES string of the molecule is CCC(C)(Nc1c([N+](=O)[O-])c(C(C)C)nn1C)C(=O)O. The lowest BCUT2D eigenvalue weighted by Crippen LogP contribution is -2.43. The van der Waals surface area contributed by atoms with Crippen molar-refractivity contribution in [3.05, 3.63) is 15.8 Å². The number of carboxylic acid groups (broad SMARTS) is 1. The maximum absolute atomic E-state index is 11.3. The van der Waals surface area contributed by atoms with E-state index in [9.17, 15) is 20.0 Å². The highest BCUT2D eigenvalue weighted by Gasteiger charge is 2.37. The molecule has 0 aromatic carbocycles. The summed E-state index contributed by atoms with van der Waals surface area (Å²) in [7, 11) is 1.55. The van der Waals surface area contributed by atoms with E-state index in [1.807, 2.05) is 0 Å². The zero-order valence-electron chi connectivity index (χ0n) is 12.3. The number of aromatic nitrogens is 2. The summed E-state index contributed by atoms with van der Waals surface area (Å²) in [6.07, 6.45) is 0.279. The first-order valence-electron chi connectivity index (χ1n) is 6.36. The second-order valence-electron chi connectivity index (χ2n) is 5.23. The summed E-state index contributed by atoms with van der Waals surface area (Å²) in [6.45, 7) is 6.79. The van der Waals surface area contributed by atoms with E-state index < -0.39 is 16.4 Å². The van der Waals surface area contributed by atoms with Crippen molar-refractivity contribution in [2.45, 2.75) is 45.6 Å². The van der Waals surface area contributed by atoms with Gasteiger partial charge in [-0.05, 0) is 13.3 Å². The van der Waals surface area contributed by atoms with E-state index in [0.717, 1.165) is 0 Å². The molecule has 8 nitrogen and oxygen atoms in total. The Hall–Kier alpha value is -2.12. The molecule has 0 saturated carbocycles. The third kappa shape index (κ3) is 2.73. The number of nitrogens with one attached hydrogen (secondary N) is 1. The van der Waals surface area contributed by atoms with E-state index in [-0.39, 0.29) is 23.8 Å². The fourth-order valence-electron chi connectivity index (χ4n) is 1.80. The van der Waals surface area contributed by atoms with Crippen LogP contribution in [0.15, 0.2) is 0 Å². The Bertz CT molecular complexity index is 538. The van der Waals surface area contributed by atoms with Crippen molar-refractivity contribution in [2.75, 3.05) is 5.32 Å². The lowest BCUT2D eigenvalue weighted by atomic mass is 9.99. The van der Waals surface area contributed by atoms with Crippen LogP contribution < -0.4 is 5.32 Å². The Balaban J connectivity index is 3.38. The molecule has 0 radical (unpaired) electrons. The molecule has 1 aromatic rings. The Morgan fingerprint density at radius 2 is 2.15 bits per heavy atom. The molecule has 0 bridgehead atoms. The molecule has 0 saturated heterocycles. The van der Waals surface area contributed by atoms with Crippen molar-refractivity contribution in [1.29, 1.82) is 0 Å². The Kier molecular flexibility index (Phi) is 4.36. The highest BCUT2D eigenvalue weighted by molar-refractivity contribution is 5.83. The molecule has 0 aliphatic heterocycles. The molecule has 1 rings (SSSR count). The average molecular weight is 284 g/mol. The minimum absolute atomic E-state index is 0.116. The monoisotopic (exact) mass is 284 g/mol. The summed E-state index contributed by atoms with van der Waals surface area (Å²) < 4.78 is 1.32. The van der Waals surface area contributed by atoms with Crippen LogP contribution in [-0.4, -0.2) is 31.3 Å². The van der Waals surface area contributed by atoms with Crippen LogP contribution in [0.3, 0.4) is 0 Å². The number of nitro groups is 1. The highest BCUT2D eigenvalue weighted by atomic mass is 16.6. The van der Waals surface area contributed by atoms with Gasteiger partial charge >= 0.3 is 11.7 Å². The highest BCUT2D eigenvalue weighted by Crippen LogP contribution is 2.34. The Morgan fingerprint density at radius 3 is 2.50 bits per heavy atom. The van der Waals surface area contributed by atoms with Crippen molar-refractivity contribution >= 4 is 17.5 Å². The van der Waals surface area contributed by atoms with Gasteiger partial charge in [0.1, 0.15) is 11.2 Å². The van der Waals surface area contributed by atoms with Crippen LogP contribution in [-0.2, 0) is 11.8 Å². The first kappa shape index (κ1) is 15.9. The van der Waals surface area contributed by atoms with Gasteiger partial charge in [-0.1, -0.05) is 20.8 Å². The number of carboxylic acids is 1. The standard InChI is InChI=1S/C12H20N4O4/c1-6-12(4,11(17)18)13-10-9(16(19)20)8(7(2)3)14-15(10)5/h7,13H,6H2,1-5H3,(H,17,18). The van der Waals surface area contributed by atoms with E-state index in [2.05, 4.69) is 10.4 Å². The van der Waals surface area contributed by atoms with Crippen molar-refractivity contribution in [2.24, 2.45) is 7.05 Å². The Morgan fingerprint density at radius 1 is 1.60 bits per heavy atom. The summed E-state index contributed by atoms with van der Waals surface area (Å²) in [5.74, 6) is -1.08. The van der Waals surface area contributed by atoms with Gasteiger partial charge in [0.2, 0.25) is 5.82 Å². The molecule has 1 atom stereocenters. The number of carbonyl (C=O) groups is 1. The number of hydrogen-bond acceptors (Lipinski definition) is 5. The number of hydrogen-bond donors (Lipinski definition) is 2. The molecule has 1 aromatic heterocycles. The zero-order chi connectivity index (χ0) is 15.7. The van der Waals surface area contributed by atoms with E-state index in [0.29, 0.717) is 5.69 Å². The van der Waals surface area contributed by atoms with E-state index in [4.69, 9.17) is 0 Å². The van der Waals surface area contributed by atoms with Crippen LogP contribution in [0.5, 0.6) is 0 Å². The summed E-state index contributed by atoms with van der Waals surface area (Å²) >= 11 is 0. The van der Waals surface area contributed by atoms with Gasteiger partial charge in [0.25, 0.3) is 0 Å². The fraction of sp³-hybridized carbons (Fsp3) is 0.667. The van der Waals surface area contributed by atoms with Crippen LogP contribution >= 0.6 is 0 Å². The molecule has 0 spiro atoms. The third-order valence-corrected chi connectivity index (χ3v) is 3.35. The van der Waals surface area contributed by atoms with Crippen molar-refractivity contribution in [3.8, 4) is 0 Å². The molecule has 0 fully saturated rings. The van der Waals surface area contributed by atoms with Gasteiger partial charge in [0.15, 0.2) is 0 Å². The molecule has 0 aliphatic carbocycles. The molecule has 20 heavy (non-hydrogen) atoms. The van der Waals surface area contributed by atoms with Gasteiger partial charge in [-0.15, -0.1) is 0 Å². The van der Waals surface area contributed by atoms with Crippen molar-refractivity contribution in [3.63, 3.8) is 0 Å². The van der Waals surface area contributed by atoms with Crippen LogP contribution in [0.1, 0.15) is 45.7 Å². The molecule has 8 heteroatoms. The second-order valence-corrected chi connectivity index (χ2v) is 5.23. The van der Waals surface area contributed by atoms with Crippen LogP contribution in [0, 0.1) is 10.1 Å². The maximum atomic E-state index is 11.3. The zero-order valence-corrected chi connectivity index (χ0v) is 12.3. The largest absolute Gasteiger partial charge is 0.480 e. The lowest BCUT2D eigenvalue weighted by Gasteiger charge is -2.25. The lowest BCUT2D eigenvalue weighted by molar-refractivity contribution is -0.384. The smallest absolute Gasteiger partial charge is 0.334 e. The minimum Gasteiger partial charge on any atom is -0.480 e. The molecule has 0 aliphatic rings. The molecule has 0 amide bonds. The van der Waals surface area contributed by atoms with Crippen LogP contribution in [0.25, 0.3) is 0 Å². The number of rotatable bonds is 6. The topological polar surface area (TPSA) is 110 Å². The normalized spacial score (nSPS) is 14.1. The summed E-state index contributed by atoms with van der Waals surface area (Å²) in [6, 6.07) is 0. The summed E-state index contributed by atoms with van der Waals surface area (Å²) in [4.78, 5) is 22.1. The predicted molar refractivity (Wildman–Crippen MR) is 73.9 cm³/mol. The van der Waals surface area contributed by atoms with Gasteiger partial charge in [-0.25, -0.2) is 9.48 Å². The van der Waals surface area contributed by atoms with Crippen LogP contribution in [0.2, 0.25) is 0 Å². The quantitative estimate of drug-likeness (QED) is 0.611. The second kappa shape index (κ2) is 5.48. The van der Waals surface area contributed by atoms with Crippen molar-refractivity contribution in [1.82, 2.24) is 9.78 Å². The first-order chi connectivity index (χ1) is 9.14. The number of nitrogens with zero attached hydrogens (tertiary/aromatic N) is 3. The maximum Gasteiger partial charge on any atom is 0.334 e. The molecular formula is C12H20N4O4. The molecular weight excluding hydrogens is 264 g/mol. The molecule has 1 unspecified atom stereocenters. The van der Waals surface area contributed by atoms with Gasteiger partial charge < -0.3 is 10.4 Å². The average Bonchev–Trinajstić information content (AvgIpc) is 2.66. The predicted octanol–water partition coefficient (Wildman–Crippen LogP) is 2.12. The van der Waals surface area contributed by atoms with Gasteiger partial charge in [-0.3, -0.25) is 10.1 Å². The number of aliphatic carboxylic acids is 1. The minimum atomic E-state index is -1.28. The fourth-order valence-corrected chi connectivity index (χ4v) is 1.80. The summed E-state index contributed by atoms with van der Waals surface area (Å²) in [5, 5.41) is 27.4. The van der Waals surface area contributed by atoms with Crippen molar-refractivity contribution < 1.29 is 14.8 Å². The van der Waals surface area contributed by atoms with Crippen LogP contribution in [0.4, 0.5) is 11.5 Å². The van der Waals surface area contributed by atoms with E-state index in [1.54, 1.807) is 27.8 Å². The summed E-state index contributed by atoms with van der Waals surface area (Å²) in [5.41, 5.74) is -1.11. The molecule has 112 valence electrons.